The topological polar surface area (TPSA) is 77.2 Å². The molecule has 1 saturated heterocycles. The fraction of sp³-hybridized carbons (Fsp3) is 0.462. The van der Waals surface area contributed by atoms with E-state index in [0.717, 1.165) is 30.2 Å². The predicted molar refractivity (Wildman–Crippen MR) is 78.8 cm³/mol. The van der Waals surface area contributed by atoms with Crippen LogP contribution < -0.4 is 10.6 Å². The maximum Gasteiger partial charge on any atom is 0.222 e. The molecule has 3 heterocycles. The van der Waals surface area contributed by atoms with Gasteiger partial charge in [-0.3, -0.25) is 0 Å². The van der Waals surface area contributed by atoms with Crippen molar-refractivity contribution in [3.05, 3.63) is 28.3 Å². The van der Waals surface area contributed by atoms with E-state index in [1.807, 2.05) is 28.9 Å². The van der Waals surface area contributed by atoms with Gasteiger partial charge in [0, 0.05) is 31.0 Å². The summed E-state index contributed by atoms with van der Waals surface area (Å²) >= 11 is 1.59. The highest BCUT2D eigenvalue weighted by atomic mass is 32.1. The molecule has 6 nitrogen and oxygen atoms in total. The van der Waals surface area contributed by atoms with Gasteiger partial charge in [-0.15, -0.1) is 11.3 Å². The number of nitrogens with zero attached hydrogens (tertiary/aromatic N) is 4. The van der Waals surface area contributed by atoms with Crippen LogP contribution >= 0.6 is 11.3 Å². The highest BCUT2D eigenvalue weighted by Gasteiger charge is 2.21. The molecule has 7 heteroatoms. The molecule has 0 aliphatic carbocycles. The summed E-state index contributed by atoms with van der Waals surface area (Å²) in [5, 5.41) is 2.03. The molecular formula is C13H17N5OS. The molecule has 2 N–H and O–H groups in total. The molecule has 0 bridgehead atoms. The summed E-state index contributed by atoms with van der Waals surface area (Å²) in [5.41, 5.74) is 9.66. The van der Waals surface area contributed by atoms with E-state index < -0.39 is 0 Å². The number of ether oxygens (including phenoxy) is 1. The molecule has 1 atom stereocenters. The zero-order valence-electron chi connectivity index (χ0n) is 11.3. The van der Waals surface area contributed by atoms with Crippen molar-refractivity contribution < 1.29 is 4.74 Å². The van der Waals surface area contributed by atoms with E-state index in [4.69, 9.17) is 10.5 Å². The van der Waals surface area contributed by atoms with Crippen LogP contribution in [0.1, 0.15) is 23.7 Å². The smallest absolute Gasteiger partial charge is 0.222 e. The lowest BCUT2D eigenvalue weighted by atomic mass is 10.0. The van der Waals surface area contributed by atoms with Crippen LogP contribution in [0, 0.1) is 0 Å². The summed E-state index contributed by atoms with van der Waals surface area (Å²) in [5.74, 6) is 1.47. The number of rotatable bonds is 4. The molecule has 0 aromatic carbocycles. The lowest BCUT2D eigenvalue weighted by molar-refractivity contribution is 0.193. The first-order valence-corrected chi connectivity index (χ1v) is 7.47. The van der Waals surface area contributed by atoms with Crippen LogP contribution in [-0.4, -0.2) is 35.2 Å². The third-order valence-corrected chi connectivity index (χ3v) is 4.01. The molecule has 20 heavy (non-hydrogen) atoms. The summed E-state index contributed by atoms with van der Waals surface area (Å²) in [4.78, 5) is 15.0. The minimum absolute atomic E-state index is 0.314. The molecule has 0 saturated carbocycles. The molecule has 0 amide bonds. The van der Waals surface area contributed by atoms with Gasteiger partial charge in [0.2, 0.25) is 5.95 Å². The Bertz CT molecular complexity index is 568. The maximum absolute atomic E-state index is 5.83. The van der Waals surface area contributed by atoms with Gasteiger partial charge in [-0.05, 0) is 6.42 Å². The van der Waals surface area contributed by atoms with Crippen molar-refractivity contribution in [2.75, 3.05) is 30.9 Å². The van der Waals surface area contributed by atoms with E-state index in [1.165, 1.54) is 0 Å². The van der Waals surface area contributed by atoms with E-state index in [1.54, 1.807) is 11.3 Å². The zero-order valence-corrected chi connectivity index (χ0v) is 12.1. The molecule has 1 aliphatic rings. The van der Waals surface area contributed by atoms with Crippen LogP contribution in [0.3, 0.4) is 0 Å². The van der Waals surface area contributed by atoms with Gasteiger partial charge >= 0.3 is 0 Å². The van der Waals surface area contributed by atoms with Gasteiger partial charge in [0.05, 0.1) is 30.1 Å². The van der Waals surface area contributed by atoms with Gasteiger partial charge in [0.15, 0.2) is 0 Å². The van der Waals surface area contributed by atoms with E-state index in [0.29, 0.717) is 25.0 Å². The van der Waals surface area contributed by atoms with Crippen molar-refractivity contribution in [2.24, 2.45) is 0 Å². The third kappa shape index (κ3) is 2.88. The summed E-state index contributed by atoms with van der Waals surface area (Å²) in [6, 6.07) is 2.00. The van der Waals surface area contributed by atoms with E-state index in [9.17, 15) is 0 Å². The second-order valence-corrected chi connectivity index (χ2v) is 5.62. The minimum atomic E-state index is 0.314. The van der Waals surface area contributed by atoms with Gasteiger partial charge in [-0.1, -0.05) is 0 Å². The Morgan fingerprint density at radius 1 is 1.50 bits per heavy atom. The zero-order chi connectivity index (χ0) is 13.9. The largest absolute Gasteiger partial charge is 0.381 e. The standard InChI is InChI=1S/C13H17N5OS/c1-18(5-10-7-20-8-15-10)12-4-11(16-13(14)17-12)9-2-3-19-6-9/h4,7-9H,2-3,5-6H2,1H3,(H2,14,16,17). The Balaban J connectivity index is 1.81. The van der Waals surface area contributed by atoms with Gasteiger partial charge in [-0.2, -0.15) is 4.98 Å². The second kappa shape index (κ2) is 5.72. The van der Waals surface area contributed by atoms with Gasteiger partial charge < -0.3 is 15.4 Å². The maximum atomic E-state index is 5.83. The predicted octanol–water partition coefficient (Wildman–Crippen LogP) is 1.66. The Morgan fingerprint density at radius 2 is 2.40 bits per heavy atom. The van der Waals surface area contributed by atoms with Gasteiger partial charge in [-0.25, -0.2) is 9.97 Å². The highest BCUT2D eigenvalue weighted by molar-refractivity contribution is 7.07. The van der Waals surface area contributed by atoms with Crippen molar-refractivity contribution in [1.29, 1.82) is 0 Å². The normalized spacial score (nSPS) is 18.4. The minimum Gasteiger partial charge on any atom is -0.381 e. The number of nitrogens with two attached hydrogens (primary N) is 1. The van der Waals surface area contributed by atoms with Crippen molar-refractivity contribution in [3.63, 3.8) is 0 Å². The average molecular weight is 291 g/mol. The second-order valence-electron chi connectivity index (χ2n) is 4.91. The van der Waals surface area contributed by atoms with E-state index in [-0.39, 0.29) is 0 Å². The number of hydrogen-bond donors (Lipinski definition) is 1. The van der Waals surface area contributed by atoms with Crippen LogP contribution in [0.15, 0.2) is 17.0 Å². The lowest BCUT2D eigenvalue weighted by Crippen LogP contribution is -2.19. The average Bonchev–Trinajstić information content (AvgIpc) is 3.11. The van der Waals surface area contributed by atoms with Crippen molar-refractivity contribution in [2.45, 2.75) is 18.9 Å². The first-order valence-electron chi connectivity index (χ1n) is 6.53. The SMILES string of the molecule is CN(Cc1cscn1)c1cc(C2CCOC2)nc(N)n1. The number of aromatic nitrogens is 3. The van der Waals surface area contributed by atoms with Crippen LogP contribution in [0.5, 0.6) is 0 Å². The lowest BCUT2D eigenvalue weighted by Gasteiger charge is -2.19. The quantitative estimate of drug-likeness (QED) is 0.923. The summed E-state index contributed by atoms with van der Waals surface area (Å²) in [6.45, 7) is 2.21. The summed E-state index contributed by atoms with van der Waals surface area (Å²) in [7, 11) is 1.98. The van der Waals surface area contributed by atoms with E-state index in [2.05, 4.69) is 15.0 Å². The van der Waals surface area contributed by atoms with Crippen molar-refractivity contribution in [1.82, 2.24) is 15.0 Å². The van der Waals surface area contributed by atoms with E-state index >= 15 is 0 Å². The number of thiazole rings is 1. The van der Waals surface area contributed by atoms with Crippen molar-refractivity contribution in [3.8, 4) is 0 Å². The molecule has 3 rings (SSSR count). The Kier molecular flexibility index (Phi) is 3.79. The molecule has 1 fully saturated rings. The van der Waals surface area contributed by atoms with Crippen LogP contribution in [-0.2, 0) is 11.3 Å². The molecule has 0 spiro atoms. The Labute approximate surface area is 121 Å². The van der Waals surface area contributed by atoms with Gasteiger partial charge in [0.1, 0.15) is 5.82 Å². The first kappa shape index (κ1) is 13.3. The molecule has 2 aromatic heterocycles. The number of nitrogen functional groups attached to an aromatic ring is 1. The first-order chi connectivity index (χ1) is 9.72. The molecule has 2 aromatic rings. The molecule has 1 unspecified atom stereocenters. The van der Waals surface area contributed by atoms with Crippen LogP contribution in [0.25, 0.3) is 0 Å². The number of anilines is 2. The third-order valence-electron chi connectivity index (χ3n) is 3.37. The van der Waals surface area contributed by atoms with Gasteiger partial charge in [0.25, 0.3) is 0 Å². The Morgan fingerprint density at radius 3 is 3.10 bits per heavy atom. The molecule has 1 aliphatic heterocycles. The monoisotopic (exact) mass is 291 g/mol. The fourth-order valence-corrected chi connectivity index (χ4v) is 2.83. The van der Waals surface area contributed by atoms with Crippen molar-refractivity contribution >= 4 is 23.1 Å². The molecule has 106 valence electrons. The van der Waals surface area contributed by atoms with Crippen LogP contribution in [0.2, 0.25) is 0 Å². The Hall–Kier alpha value is -1.73. The molecular weight excluding hydrogens is 274 g/mol. The van der Waals surface area contributed by atoms with Crippen LogP contribution in [0.4, 0.5) is 11.8 Å². The molecule has 0 radical (unpaired) electrons. The summed E-state index contributed by atoms with van der Waals surface area (Å²) in [6.07, 6.45) is 0.992. The highest BCUT2D eigenvalue weighted by Crippen LogP contribution is 2.26. The summed E-state index contributed by atoms with van der Waals surface area (Å²) < 4.78 is 5.41. The fourth-order valence-electron chi connectivity index (χ4n) is 2.28. The number of hydrogen-bond acceptors (Lipinski definition) is 7.